The van der Waals surface area contributed by atoms with Gasteiger partial charge in [-0.3, -0.25) is 0 Å². The van der Waals surface area contributed by atoms with E-state index in [0.29, 0.717) is 26.3 Å². The number of urea groups is 1. The summed E-state index contributed by atoms with van der Waals surface area (Å²) >= 11 is 0. The first-order chi connectivity index (χ1) is 12.2. The fraction of sp³-hybridized carbons (Fsp3) is 0.476. The van der Waals surface area contributed by atoms with Gasteiger partial charge in [-0.25, -0.2) is 4.79 Å². The van der Waals surface area contributed by atoms with Crippen molar-refractivity contribution in [2.24, 2.45) is 0 Å². The average Bonchev–Trinajstić information content (AvgIpc) is 3.03. The standard InChI is InChI=1S/C21H26N2O2/c1-21(16-18-8-4-7-17-6-2-3-9-19(17)18)10-5-11-23(21)20(24)22-12-14-25-15-13-22/h2-4,6-9H,5,10-16H2,1H3. The molecule has 0 aliphatic carbocycles. The third-order valence-corrected chi connectivity index (χ3v) is 5.71. The predicted molar refractivity (Wildman–Crippen MR) is 99.8 cm³/mol. The minimum absolute atomic E-state index is 0.112. The molecule has 1 atom stereocenters. The molecule has 2 aliphatic rings. The SMILES string of the molecule is CC1(Cc2cccc3ccccc23)CCCN1C(=O)N1CCOCC1. The number of amides is 2. The number of rotatable bonds is 2. The first-order valence-electron chi connectivity index (χ1n) is 9.28. The zero-order chi connectivity index (χ0) is 17.3. The van der Waals surface area contributed by atoms with Crippen LogP contribution in [-0.4, -0.2) is 54.2 Å². The molecule has 2 aromatic rings. The topological polar surface area (TPSA) is 32.8 Å². The third kappa shape index (κ3) is 3.11. The van der Waals surface area contributed by atoms with Gasteiger partial charge >= 0.3 is 6.03 Å². The lowest BCUT2D eigenvalue weighted by molar-refractivity contribution is 0.0361. The molecule has 25 heavy (non-hydrogen) atoms. The van der Waals surface area contributed by atoms with E-state index < -0.39 is 0 Å². The van der Waals surface area contributed by atoms with Crippen molar-refractivity contribution < 1.29 is 9.53 Å². The summed E-state index contributed by atoms with van der Waals surface area (Å²) < 4.78 is 5.40. The van der Waals surface area contributed by atoms with Crippen LogP contribution in [0, 0.1) is 0 Å². The maximum atomic E-state index is 13.1. The van der Waals surface area contributed by atoms with Gasteiger partial charge < -0.3 is 14.5 Å². The number of carbonyl (C=O) groups is 1. The average molecular weight is 338 g/mol. The normalized spacial score (nSPS) is 24.0. The number of likely N-dealkylation sites (tertiary alicyclic amines) is 1. The number of morpholine rings is 1. The van der Waals surface area contributed by atoms with Crippen molar-refractivity contribution >= 4 is 16.8 Å². The van der Waals surface area contributed by atoms with E-state index in [1.165, 1.54) is 16.3 Å². The molecular formula is C21H26N2O2. The summed E-state index contributed by atoms with van der Waals surface area (Å²) in [6.07, 6.45) is 3.05. The van der Waals surface area contributed by atoms with Gasteiger partial charge in [-0.05, 0) is 42.5 Å². The largest absolute Gasteiger partial charge is 0.378 e. The van der Waals surface area contributed by atoms with Gasteiger partial charge in [0.1, 0.15) is 0 Å². The van der Waals surface area contributed by atoms with E-state index in [-0.39, 0.29) is 11.6 Å². The summed E-state index contributed by atoms with van der Waals surface area (Å²) in [6, 6.07) is 15.2. The van der Waals surface area contributed by atoms with Gasteiger partial charge in [0.15, 0.2) is 0 Å². The van der Waals surface area contributed by atoms with Gasteiger partial charge in [0.2, 0.25) is 0 Å². The molecule has 4 nitrogen and oxygen atoms in total. The van der Waals surface area contributed by atoms with Gasteiger partial charge in [-0.2, -0.15) is 0 Å². The molecule has 2 heterocycles. The Morgan fingerprint density at radius 2 is 1.84 bits per heavy atom. The molecule has 2 aliphatic heterocycles. The number of hydrogen-bond acceptors (Lipinski definition) is 2. The molecule has 0 N–H and O–H groups in total. The highest BCUT2D eigenvalue weighted by Gasteiger charge is 2.41. The number of fused-ring (bicyclic) bond motifs is 1. The summed E-state index contributed by atoms with van der Waals surface area (Å²) in [5.41, 5.74) is 1.22. The lowest BCUT2D eigenvalue weighted by atomic mass is 9.88. The molecule has 2 amide bonds. The minimum Gasteiger partial charge on any atom is -0.378 e. The molecule has 0 bridgehead atoms. The highest BCUT2D eigenvalue weighted by atomic mass is 16.5. The molecule has 0 saturated carbocycles. The van der Waals surface area contributed by atoms with Crippen molar-refractivity contribution in [2.75, 3.05) is 32.8 Å². The van der Waals surface area contributed by atoms with Crippen LogP contribution in [0.2, 0.25) is 0 Å². The van der Waals surface area contributed by atoms with Crippen molar-refractivity contribution in [1.82, 2.24) is 9.80 Å². The Morgan fingerprint density at radius 1 is 1.08 bits per heavy atom. The van der Waals surface area contributed by atoms with E-state index in [1.807, 2.05) is 4.90 Å². The monoisotopic (exact) mass is 338 g/mol. The van der Waals surface area contributed by atoms with Crippen LogP contribution in [0.15, 0.2) is 42.5 Å². The summed E-state index contributed by atoms with van der Waals surface area (Å²) in [5, 5.41) is 2.57. The Kier molecular flexibility index (Phi) is 4.38. The van der Waals surface area contributed by atoms with E-state index in [1.54, 1.807) is 0 Å². The zero-order valence-corrected chi connectivity index (χ0v) is 14.9. The van der Waals surface area contributed by atoms with Crippen LogP contribution in [0.1, 0.15) is 25.3 Å². The van der Waals surface area contributed by atoms with E-state index in [4.69, 9.17) is 4.74 Å². The van der Waals surface area contributed by atoms with E-state index in [2.05, 4.69) is 54.3 Å². The first kappa shape index (κ1) is 16.4. The minimum atomic E-state index is -0.112. The number of nitrogens with zero attached hydrogens (tertiary/aromatic N) is 2. The van der Waals surface area contributed by atoms with E-state index in [9.17, 15) is 4.79 Å². The second-order valence-corrected chi connectivity index (χ2v) is 7.45. The molecule has 0 aromatic heterocycles. The van der Waals surface area contributed by atoms with Crippen molar-refractivity contribution in [3.05, 3.63) is 48.0 Å². The Balaban J connectivity index is 1.60. The highest BCUT2D eigenvalue weighted by Crippen LogP contribution is 2.35. The highest BCUT2D eigenvalue weighted by molar-refractivity contribution is 5.86. The fourth-order valence-electron chi connectivity index (χ4n) is 4.32. The van der Waals surface area contributed by atoms with Crippen LogP contribution in [0.4, 0.5) is 4.79 Å². The van der Waals surface area contributed by atoms with Gasteiger partial charge in [0, 0.05) is 25.2 Å². The maximum absolute atomic E-state index is 13.1. The van der Waals surface area contributed by atoms with Crippen LogP contribution >= 0.6 is 0 Å². The van der Waals surface area contributed by atoms with Gasteiger partial charge in [0.05, 0.1) is 13.2 Å². The second-order valence-electron chi connectivity index (χ2n) is 7.45. The smallest absolute Gasteiger partial charge is 0.320 e. The zero-order valence-electron chi connectivity index (χ0n) is 14.9. The predicted octanol–water partition coefficient (Wildman–Crippen LogP) is 3.69. The van der Waals surface area contributed by atoms with Crippen LogP contribution in [0.3, 0.4) is 0 Å². The van der Waals surface area contributed by atoms with E-state index in [0.717, 1.165) is 25.8 Å². The third-order valence-electron chi connectivity index (χ3n) is 5.71. The quantitative estimate of drug-likeness (QED) is 0.837. The number of benzene rings is 2. The van der Waals surface area contributed by atoms with Gasteiger partial charge in [-0.15, -0.1) is 0 Å². The number of carbonyl (C=O) groups excluding carboxylic acids is 1. The lowest BCUT2D eigenvalue weighted by Crippen LogP contribution is -2.54. The van der Waals surface area contributed by atoms with Crippen LogP contribution < -0.4 is 0 Å². The molecule has 132 valence electrons. The summed E-state index contributed by atoms with van der Waals surface area (Å²) in [6.45, 7) is 5.83. The molecule has 2 aromatic carbocycles. The molecule has 4 heteroatoms. The van der Waals surface area contributed by atoms with Crippen molar-refractivity contribution in [1.29, 1.82) is 0 Å². The molecular weight excluding hydrogens is 312 g/mol. The Hall–Kier alpha value is -2.07. The lowest BCUT2D eigenvalue weighted by Gasteiger charge is -2.40. The van der Waals surface area contributed by atoms with E-state index >= 15 is 0 Å². The molecule has 2 saturated heterocycles. The Labute approximate surface area is 149 Å². The van der Waals surface area contributed by atoms with Crippen LogP contribution in [-0.2, 0) is 11.2 Å². The second kappa shape index (κ2) is 6.68. The Morgan fingerprint density at radius 3 is 2.68 bits per heavy atom. The molecule has 4 rings (SSSR count). The van der Waals surface area contributed by atoms with Gasteiger partial charge in [-0.1, -0.05) is 42.5 Å². The summed E-state index contributed by atoms with van der Waals surface area (Å²) in [7, 11) is 0. The maximum Gasteiger partial charge on any atom is 0.320 e. The fourth-order valence-corrected chi connectivity index (χ4v) is 4.32. The molecule has 2 fully saturated rings. The van der Waals surface area contributed by atoms with Crippen molar-refractivity contribution in [2.45, 2.75) is 31.7 Å². The Bertz CT molecular complexity index is 764. The van der Waals surface area contributed by atoms with Crippen LogP contribution in [0.5, 0.6) is 0 Å². The van der Waals surface area contributed by atoms with Crippen molar-refractivity contribution in [3.8, 4) is 0 Å². The first-order valence-corrected chi connectivity index (χ1v) is 9.28. The summed E-state index contributed by atoms with van der Waals surface area (Å²) in [4.78, 5) is 17.1. The molecule has 1 unspecified atom stereocenters. The van der Waals surface area contributed by atoms with Crippen molar-refractivity contribution in [3.63, 3.8) is 0 Å². The summed E-state index contributed by atoms with van der Waals surface area (Å²) in [5.74, 6) is 0. The number of ether oxygens (including phenoxy) is 1. The van der Waals surface area contributed by atoms with Gasteiger partial charge in [0.25, 0.3) is 0 Å². The molecule has 0 radical (unpaired) electrons. The number of hydrogen-bond donors (Lipinski definition) is 0. The van der Waals surface area contributed by atoms with Crippen LogP contribution in [0.25, 0.3) is 10.8 Å². The molecule has 0 spiro atoms.